The molecule has 0 fully saturated rings. The van der Waals surface area contributed by atoms with Crippen molar-refractivity contribution in [2.75, 3.05) is 27.9 Å². The van der Waals surface area contributed by atoms with Gasteiger partial charge in [0, 0.05) is 0 Å². The second-order valence-electron chi connectivity index (χ2n) is 9.44. The molecule has 0 spiro atoms. The Morgan fingerprint density at radius 2 is 1.23 bits per heavy atom. The van der Waals surface area contributed by atoms with E-state index in [1.165, 1.54) is 6.42 Å². The lowest BCUT2D eigenvalue weighted by molar-refractivity contribution is -0.123. The largest absolute Gasteiger partial charge is 0.497 e. The van der Waals surface area contributed by atoms with Crippen molar-refractivity contribution in [2.24, 2.45) is 0 Å². The highest BCUT2D eigenvalue weighted by Crippen LogP contribution is 2.30. The number of unbranched alkanes of at least 4 members (excludes halogenated alkanes) is 3. The molecule has 3 aromatic carbocycles. The number of nitrogens with one attached hydrogen (secondary N) is 2. The monoisotopic (exact) mass is 548 g/mol. The van der Waals surface area contributed by atoms with Gasteiger partial charge in [-0.15, -0.1) is 0 Å². The van der Waals surface area contributed by atoms with Gasteiger partial charge in [-0.3, -0.25) is 9.59 Å². The van der Waals surface area contributed by atoms with Crippen molar-refractivity contribution in [3.8, 4) is 23.0 Å². The Morgan fingerprint density at radius 3 is 1.70 bits per heavy atom. The molecule has 0 bridgehead atoms. The quantitative estimate of drug-likeness (QED) is 0.184. The van der Waals surface area contributed by atoms with E-state index >= 15 is 0 Å². The lowest BCUT2D eigenvalue weighted by atomic mass is 10.1. The number of methoxy groups -OCH3 is 3. The predicted octanol–water partition coefficient (Wildman–Crippen LogP) is 5.39. The van der Waals surface area contributed by atoms with Crippen molar-refractivity contribution >= 4 is 11.8 Å². The maximum Gasteiger partial charge on any atom is 0.226 e. The molecule has 8 heteroatoms. The molecule has 0 saturated heterocycles. The van der Waals surface area contributed by atoms with E-state index in [0.29, 0.717) is 35.2 Å². The van der Waals surface area contributed by atoms with Crippen LogP contribution in [0.5, 0.6) is 23.0 Å². The molecule has 0 aliphatic rings. The van der Waals surface area contributed by atoms with Crippen LogP contribution in [-0.2, 0) is 22.4 Å². The van der Waals surface area contributed by atoms with Crippen LogP contribution >= 0.6 is 0 Å². The molecule has 0 saturated carbocycles. The minimum absolute atomic E-state index is 0.144. The summed E-state index contributed by atoms with van der Waals surface area (Å²) in [4.78, 5) is 26.1. The first-order valence-electron chi connectivity index (χ1n) is 13.6. The first-order valence-corrected chi connectivity index (χ1v) is 13.6. The van der Waals surface area contributed by atoms with E-state index in [1.54, 1.807) is 27.4 Å². The topological polar surface area (TPSA) is 95.1 Å². The maximum atomic E-state index is 13.0. The van der Waals surface area contributed by atoms with E-state index in [0.717, 1.165) is 30.4 Å². The highest BCUT2D eigenvalue weighted by Gasteiger charge is 2.20. The Kier molecular flexibility index (Phi) is 12.2. The fourth-order valence-electron chi connectivity index (χ4n) is 4.18. The van der Waals surface area contributed by atoms with Crippen molar-refractivity contribution in [3.63, 3.8) is 0 Å². The lowest BCUT2D eigenvalue weighted by Gasteiger charge is -2.22. The molecule has 0 aliphatic carbocycles. The second-order valence-corrected chi connectivity index (χ2v) is 9.44. The van der Waals surface area contributed by atoms with E-state index in [4.69, 9.17) is 18.9 Å². The average Bonchev–Trinajstić information content (AvgIpc) is 2.97. The first kappa shape index (κ1) is 30.3. The molecule has 0 radical (unpaired) electrons. The zero-order chi connectivity index (χ0) is 28.7. The molecule has 0 atom stereocenters. The third-order valence-corrected chi connectivity index (χ3v) is 6.43. The minimum atomic E-state index is -0.774. The van der Waals surface area contributed by atoms with Crippen LogP contribution in [0.15, 0.2) is 66.7 Å². The molecule has 0 aromatic heterocycles. The zero-order valence-electron chi connectivity index (χ0n) is 23.8. The smallest absolute Gasteiger partial charge is 0.226 e. The van der Waals surface area contributed by atoms with Crippen LogP contribution < -0.4 is 29.6 Å². The molecule has 0 unspecified atom stereocenters. The number of carbonyl (C=O) groups is 2. The second kappa shape index (κ2) is 16.0. The van der Waals surface area contributed by atoms with E-state index in [9.17, 15) is 9.59 Å². The van der Waals surface area contributed by atoms with Crippen molar-refractivity contribution in [3.05, 3.63) is 83.4 Å². The third-order valence-electron chi connectivity index (χ3n) is 6.43. The van der Waals surface area contributed by atoms with Crippen LogP contribution in [0, 0.1) is 0 Å². The van der Waals surface area contributed by atoms with E-state index in [2.05, 4.69) is 17.6 Å². The Hall–Kier alpha value is -4.20. The van der Waals surface area contributed by atoms with Gasteiger partial charge in [0.25, 0.3) is 0 Å². The van der Waals surface area contributed by atoms with Crippen molar-refractivity contribution < 1.29 is 28.5 Å². The number of benzene rings is 3. The summed E-state index contributed by atoms with van der Waals surface area (Å²) < 4.78 is 21.9. The van der Waals surface area contributed by atoms with Crippen LogP contribution in [0.1, 0.15) is 55.5 Å². The number of carbonyl (C=O) groups excluding carboxylic acids is 2. The summed E-state index contributed by atoms with van der Waals surface area (Å²) in [6, 6.07) is 20.0. The Bertz CT molecular complexity index is 1150. The number of amides is 2. The molecule has 2 N–H and O–H groups in total. The Labute approximate surface area is 237 Å². The van der Waals surface area contributed by atoms with E-state index in [1.807, 2.05) is 60.7 Å². The van der Waals surface area contributed by atoms with Gasteiger partial charge in [0.05, 0.1) is 40.8 Å². The molecule has 2 amide bonds. The summed E-state index contributed by atoms with van der Waals surface area (Å²) in [5.41, 5.74) is 2.32. The van der Waals surface area contributed by atoms with Gasteiger partial charge < -0.3 is 29.6 Å². The van der Waals surface area contributed by atoms with Crippen molar-refractivity contribution in [2.45, 2.75) is 51.6 Å². The molecule has 214 valence electrons. The van der Waals surface area contributed by atoms with Gasteiger partial charge in [-0.2, -0.15) is 0 Å². The highest BCUT2D eigenvalue weighted by atomic mass is 16.5. The number of rotatable bonds is 16. The number of ether oxygens (including phenoxy) is 4. The maximum absolute atomic E-state index is 13.0. The van der Waals surface area contributed by atoms with Gasteiger partial charge in [0.2, 0.25) is 11.8 Å². The average molecular weight is 549 g/mol. The van der Waals surface area contributed by atoms with Crippen molar-refractivity contribution in [1.82, 2.24) is 10.6 Å². The Morgan fingerprint density at radius 1 is 0.675 bits per heavy atom. The number of hydrogen-bond donors (Lipinski definition) is 2. The minimum Gasteiger partial charge on any atom is -0.497 e. The van der Waals surface area contributed by atoms with Gasteiger partial charge in [-0.05, 0) is 59.5 Å². The summed E-state index contributed by atoms with van der Waals surface area (Å²) >= 11 is 0. The summed E-state index contributed by atoms with van der Waals surface area (Å²) in [6.45, 7) is 2.76. The van der Waals surface area contributed by atoms with Crippen LogP contribution in [0.25, 0.3) is 0 Å². The standard InChI is InChI=1S/C32H40N2O6/c1-5-6-7-8-19-40-28-18-13-25(22-29(28)39-4)32(33-30(35)20-23-9-14-26(37-2)15-10-23)34-31(36)21-24-11-16-27(38-3)17-12-24/h9-18,22,32H,5-8,19-21H2,1-4H3,(H,33,35)(H,34,36). The molecular weight excluding hydrogens is 508 g/mol. The molecule has 8 nitrogen and oxygen atoms in total. The molecule has 0 aliphatic heterocycles. The van der Waals surface area contributed by atoms with E-state index in [-0.39, 0.29) is 24.7 Å². The fourth-order valence-corrected chi connectivity index (χ4v) is 4.18. The third kappa shape index (κ3) is 9.52. The van der Waals surface area contributed by atoms with Gasteiger partial charge in [-0.25, -0.2) is 0 Å². The predicted molar refractivity (Wildman–Crippen MR) is 155 cm³/mol. The SMILES string of the molecule is CCCCCCOc1ccc(C(NC(=O)Cc2ccc(OC)cc2)NC(=O)Cc2ccc(OC)cc2)cc1OC. The fraction of sp³-hybridized carbons (Fsp3) is 0.375. The van der Waals surface area contributed by atoms with Crippen molar-refractivity contribution in [1.29, 1.82) is 0 Å². The summed E-state index contributed by atoms with van der Waals surface area (Å²) in [5, 5.41) is 5.93. The highest BCUT2D eigenvalue weighted by molar-refractivity contribution is 5.82. The normalized spacial score (nSPS) is 10.6. The summed E-state index contributed by atoms with van der Waals surface area (Å²) in [6.07, 6.45) is 3.92. The van der Waals surface area contributed by atoms with Gasteiger partial charge in [0.15, 0.2) is 11.5 Å². The van der Waals surface area contributed by atoms with Crippen LogP contribution in [-0.4, -0.2) is 39.8 Å². The molecule has 3 rings (SSSR count). The molecule has 0 heterocycles. The lowest BCUT2D eigenvalue weighted by Crippen LogP contribution is -2.42. The van der Waals surface area contributed by atoms with Gasteiger partial charge in [0.1, 0.15) is 17.7 Å². The van der Waals surface area contributed by atoms with Gasteiger partial charge >= 0.3 is 0 Å². The zero-order valence-corrected chi connectivity index (χ0v) is 23.8. The van der Waals surface area contributed by atoms with Crippen LogP contribution in [0.3, 0.4) is 0 Å². The Balaban J connectivity index is 1.75. The van der Waals surface area contributed by atoms with Crippen LogP contribution in [0.4, 0.5) is 0 Å². The first-order chi connectivity index (χ1) is 19.4. The van der Waals surface area contributed by atoms with E-state index < -0.39 is 6.17 Å². The summed E-state index contributed by atoms with van der Waals surface area (Å²) in [5.74, 6) is 2.10. The molecule has 40 heavy (non-hydrogen) atoms. The number of hydrogen-bond acceptors (Lipinski definition) is 6. The summed E-state index contributed by atoms with van der Waals surface area (Å²) in [7, 11) is 4.76. The van der Waals surface area contributed by atoms with Gasteiger partial charge in [-0.1, -0.05) is 56.5 Å². The molecule has 3 aromatic rings. The van der Waals surface area contributed by atoms with Crippen LogP contribution in [0.2, 0.25) is 0 Å². The molecular formula is C32H40N2O6.